The summed E-state index contributed by atoms with van der Waals surface area (Å²) < 4.78 is 41.5. The Hall–Kier alpha value is -1.89. The van der Waals surface area contributed by atoms with Crippen molar-refractivity contribution in [1.29, 1.82) is 0 Å². The molecule has 1 aliphatic carbocycles. The summed E-state index contributed by atoms with van der Waals surface area (Å²) >= 11 is 5.89. The molecule has 0 saturated heterocycles. The van der Waals surface area contributed by atoms with Crippen LogP contribution in [0.15, 0.2) is 47.4 Å². The molecule has 0 saturated carbocycles. The van der Waals surface area contributed by atoms with E-state index in [0.29, 0.717) is 24.3 Å². The second kappa shape index (κ2) is 6.12. The van der Waals surface area contributed by atoms with Crippen LogP contribution in [0, 0.1) is 5.82 Å². The first-order valence-corrected chi connectivity index (χ1v) is 9.85. The van der Waals surface area contributed by atoms with E-state index in [1.54, 1.807) is 18.2 Å². The molecule has 4 nitrogen and oxygen atoms in total. The first kappa shape index (κ1) is 16.6. The molecule has 7 heteroatoms. The highest BCUT2D eigenvalue weighted by atomic mass is 35.5. The summed E-state index contributed by atoms with van der Waals surface area (Å²) in [6.45, 7) is 0. The van der Waals surface area contributed by atoms with Gasteiger partial charge in [0.25, 0.3) is 0 Å². The van der Waals surface area contributed by atoms with E-state index < -0.39 is 10.0 Å². The van der Waals surface area contributed by atoms with Crippen LogP contribution in [-0.2, 0) is 22.9 Å². The lowest BCUT2D eigenvalue weighted by molar-refractivity contribution is 0.506. The van der Waals surface area contributed by atoms with E-state index in [0.717, 1.165) is 22.2 Å². The van der Waals surface area contributed by atoms with Crippen LogP contribution in [0.3, 0.4) is 0 Å². The summed E-state index contributed by atoms with van der Waals surface area (Å²) in [6, 6.07) is 10.6. The van der Waals surface area contributed by atoms with Gasteiger partial charge >= 0.3 is 0 Å². The molecule has 0 radical (unpaired) electrons. The van der Waals surface area contributed by atoms with Crippen LogP contribution in [0.25, 0.3) is 10.9 Å². The van der Waals surface area contributed by atoms with Gasteiger partial charge in [-0.25, -0.2) is 17.5 Å². The normalized spacial score (nSPS) is 17.6. The monoisotopic (exact) mass is 378 g/mol. The average Bonchev–Trinajstić information content (AvgIpc) is 2.92. The third kappa shape index (κ3) is 3.17. The molecule has 0 aliphatic heterocycles. The van der Waals surface area contributed by atoms with E-state index in [1.807, 2.05) is 0 Å². The molecule has 1 atom stereocenters. The van der Waals surface area contributed by atoms with E-state index in [4.69, 9.17) is 11.6 Å². The van der Waals surface area contributed by atoms with Crippen molar-refractivity contribution in [3.63, 3.8) is 0 Å². The summed E-state index contributed by atoms with van der Waals surface area (Å²) in [5.74, 6) is -0.295. The van der Waals surface area contributed by atoms with Gasteiger partial charge in [0.2, 0.25) is 10.0 Å². The maximum absolute atomic E-state index is 13.6. The van der Waals surface area contributed by atoms with Gasteiger partial charge in [0, 0.05) is 27.7 Å². The Morgan fingerprint density at radius 2 is 2.04 bits per heavy atom. The number of hydrogen-bond acceptors (Lipinski definition) is 2. The van der Waals surface area contributed by atoms with Gasteiger partial charge in [-0.05, 0) is 61.2 Å². The molecule has 1 unspecified atom stereocenters. The van der Waals surface area contributed by atoms with E-state index in [1.165, 1.54) is 24.3 Å². The third-order valence-electron chi connectivity index (χ3n) is 4.58. The molecule has 1 heterocycles. The maximum Gasteiger partial charge on any atom is 0.240 e. The predicted octanol–water partition coefficient (Wildman–Crippen LogP) is 3.80. The highest BCUT2D eigenvalue weighted by Crippen LogP contribution is 2.30. The van der Waals surface area contributed by atoms with Crippen molar-refractivity contribution in [2.45, 2.75) is 30.2 Å². The molecule has 2 aromatic carbocycles. The van der Waals surface area contributed by atoms with Crippen LogP contribution in [0.4, 0.5) is 4.39 Å². The SMILES string of the molecule is O=S(=O)(NC1CCc2[nH]c3ccc(F)cc3c2C1)c1cccc(Cl)c1. The zero-order valence-corrected chi connectivity index (χ0v) is 14.8. The number of halogens is 2. The van der Waals surface area contributed by atoms with E-state index >= 15 is 0 Å². The molecule has 4 rings (SSSR count). The first-order valence-electron chi connectivity index (χ1n) is 7.99. The molecule has 0 spiro atoms. The summed E-state index contributed by atoms with van der Waals surface area (Å²) in [7, 11) is -3.65. The molecule has 0 amide bonds. The van der Waals surface area contributed by atoms with Crippen molar-refractivity contribution in [3.8, 4) is 0 Å². The molecule has 0 fully saturated rings. The Kier molecular flexibility index (Phi) is 4.06. The van der Waals surface area contributed by atoms with Gasteiger partial charge in [0.15, 0.2) is 0 Å². The number of benzene rings is 2. The molecule has 0 bridgehead atoms. The number of aryl methyl sites for hydroxylation is 1. The lowest BCUT2D eigenvalue weighted by Gasteiger charge is -2.23. The minimum atomic E-state index is -3.65. The quantitative estimate of drug-likeness (QED) is 0.728. The van der Waals surface area contributed by atoms with E-state index in [-0.39, 0.29) is 16.8 Å². The average molecular weight is 379 g/mol. The zero-order chi connectivity index (χ0) is 17.6. The lowest BCUT2D eigenvalue weighted by atomic mass is 9.92. The van der Waals surface area contributed by atoms with Crippen LogP contribution in [0.1, 0.15) is 17.7 Å². The second-order valence-corrected chi connectivity index (χ2v) is 8.44. The standard InChI is InChI=1S/C18H16ClFN2O2S/c19-11-2-1-3-14(8-11)25(23,24)22-13-5-7-18-16(10-13)15-9-12(20)4-6-17(15)21-18/h1-4,6,8-9,13,21-22H,5,7,10H2. The van der Waals surface area contributed by atoms with Crippen LogP contribution in [0.5, 0.6) is 0 Å². The minimum absolute atomic E-state index is 0.149. The van der Waals surface area contributed by atoms with Gasteiger partial charge < -0.3 is 4.98 Å². The Labute approximate surface area is 150 Å². The fourth-order valence-corrected chi connectivity index (χ4v) is 4.98. The Morgan fingerprint density at radius 1 is 1.20 bits per heavy atom. The molecule has 2 N–H and O–H groups in total. The molecule has 130 valence electrons. The number of H-pyrrole nitrogens is 1. The molecule has 3 aromatic rings. The molecule has 25 heavy (non-hydrogen) atoms. The van der Waals surface area contributed by atoms with Crippen LogP contribution in [-0.4, -0.2) is 19.4 Å². The van der Waals surface area contributed by atoms with Gasteiger partial charge in [-0.15, -0.1) is 0 Å². The number of aromatic amines is 1. The smallest absolute Gasteiger partial charge is 0.240 e. The fourth-order valence-electron chi connectivity index (χ4n) is 3.41. The number of sulfonamides is 1. The van der Waals surface area contributed by atoms with Crippen LogP contribution >= 0.6 is 11.6 Å². The Balaban J connectivity index is 1.62. The zero-order valence-electron chi connectivity index (χ0n) is 13.2. The predicted molar refractivity (Wildman–Crippen MR) is 95.8 cm³/mol. The number of nitrogens with one attached hydrogen (secondary N) is 2. The lowest BCUT2D eigenvalue weighted by Crippen LogP contribution is -2.38. The van der Waals surface area contributed by atoms with E-state index in [2.05, 4.69) is 9.71 Å². The van der Waals surface area contributed by atoms with Gasteiger partial charge in [-0.2, -0.15) is 0 Å². The van der Waals surface area contributed by atoms with Gasteiger partial charge in [-0.1, -0.05) is 17.7 Å². The topological polar surface area (TPSA) is 62.0 Å². The maximum atomic E-state index is 13.6. The van der Waals surface area contributed by atoms with Crippen molar-refractivity contribution >= 4 is 32.5 Å². The highest BCUT2D eigenvalue weighted by Gasteiger charge is 2.27. The second-order valence-electron chi connectivity index (χ2n) is 6.29. The van der Waals surface area contributed by atoms with Crippen molar-refractivity contribution in [2.75, 3.05) is 0 Å². The summed E-state index contributed by atoms with van der Waals surface area (Å²) in [5.41, 5.74) is 2.92. The molecular formula is C18H16ClFN2O2S. The summed E-state index contributed by atoms with van der Waals surface area (Å²) in [4.78, 5) is 3.45. The number of hydrogen-bond donors (Lipinski definition) is 2. The molecular weight excluding hydrogens is 363 g/mol. The summed E-state index contributed by atoms with van der Waals surface area (Å²) in [6.07, 6.45) is 1.93. The van der Waals surface area contributed by atoms with Crippen LogP contribution < -0.4 is 4.72 Å². The van der Waals surface area contributed by atoms with Crippen molar-refractivity contribution in [1.82, 2.24) is 9.71 Å². The fraction of sp³-hybridized carbons (Fsp3) is 0.222. The van der Waals surface area contributed by atoms with Crippen molar-refractivity contribution in [3.05, 3.63) is 64.6 Å². The largest absolute Gasteiger partial charge is 0.358 e. The highest BCUT2D eigenvalue weighted by molar-refractivity contribution is 7.89. The molecule has 1 aromatic heterocycles. The van der Waals surface area contributed by atoms with Gasteiger partial charge in [-0.3, -0.25) is 0 Å². The van der Waals surface area contributed by atoms with Gasteiger partial charge in [0.1, 0.15) is 5.82 Å². The number of rotatable bonds is 3. The number of fused-ring (bicyclic) bond motifs is 3. The minimum Gasteiger partial charge on any atom is -0.358 e. The molecule has 1 aliphatic rings. The van der Waals surface area contributed by atoms with Gasteiger partial charge in [0.05, 0.1) is 4.90 Å². The Bertz CT molecular complexity index is 1060. The van der Waals surface area contributed by atoms with Crippen molar-refractivity contribution < 1.29 is 12.8 Å². The van der Waals surface area contributed by atoms with Crippen LogP contribution in [0.2, 0.25) is 5.02 Å². The van der Waals surface area contributed by atoms with Crippen molar-refractivity contribution in [2.24, 2.45) is 0 Å². The third-order valence-corrected chi connectivity index (χ3v) is 6.33. The first-order chi connectivity index (χ1) is 11.9. The summed E-state index contributed by atoms with van der Waals surface area (Å²) in [5, 5.41) is 1.20. The number of aromatic nitrogens is 1. The van der Waals surface area contributed by atoms with E-state index in [9.17, 15) is 12.8 Å². The Morgan fingerprint density at radius 3 is 2.84 bits per heavy atom.